The molecule has 0 saturated heterocycles. The Hall–Kier alpha value is -1.11. The van der Waals surface area contributed by atoms with Crippen LogP contribution in [0.15, 0.2) is 52.1 Å². The van der Waals surface area contributed by atoms with E-state index in [0.29, 0.717) is 5.69 Å². The number of nitrogens with zero attached hydrogens (tertiary/aromatic N) is 1. The summed E-state index contributed by atoms with van der Waals surface area (Å²) in [7, 11) is -3.73. The maximum atomic E-state index is 12.1. The Bertz CT molecular complexity index is 676. The third-order valence-electron chi connectivity index (χ3n) is 2.10. The van der Waals surface area contributed by atoms with Gasteiger partial charge in [0.05, 0.1) is 5.02 Å². The zero-order chi connectivity index (χ0) is 13.2. The van der Waals surface area contributed by atoms with Crippen LogP contribution < -0.4 is 4.72 Å². The second-order valence-electron chi connectivity index (χ2n) is 3.42. The van der Waals surface area contributed by atoms with E-state index >= 15 is 0 Å². The number of anilines is 1. The van der Waals surface area contributed by atoms with Gasteiger partial charge < -0.3 is 0 Å². The highest BCUT2D eigenvalue weighted by molar-refractivity contribution is 9.10. The summed E-state index contributed by atoms with van der Waals surface area (Å²) >= 11 is 9.10. The molecule has 7 heteroatoms. The Morgan fingerprint density at radius 1 is 1.28 bits per heavy atom. The first-order chi connectivity index (χ1) is 8.49. The van der Waals surface area contributed by atoms with E-state index in [9.17, 15) is 8.42 Å². The van der Waals surface area contributed by atoms with Gasteiger partial charge in [-0.3, -0.25) is 9.71 Å². The summed E-state index contributed by atoms with van der Waals surface area (Å²) in [6.07, 6.45) is 2.64. The second-order valence-corrected chi connectivity index (χ2v) is 6.40. The number of nitrogens with one attached hydrogen (secondary N) is 1. The van der Waals surface area contributed by atoms with Crippen molar-refractivity contribution in [2.45, 2.75) is 4.90 Å². The van der Waals surface area contributed by atoms with E-state index in [1.807, 2.05) is 0 Å². The molecule has 0 atom stereocenters. The van der Waals surface area contributed by atoms with Crippen LogP contribution in [0.25, 0.3) is 0 Å². The lowest BCUT2D eigenvalue weighted by molar-refractivity contribution is 0.601. The van der Waals surface area contributed by atoms with Gasteiger partial charge >= 0.3 is 0 Å². The summed E-state index contributed by atoms with van der Waals surface area (Å²) in [4.78, 5) is 3.71. The second kappa shape index (κ2) is 5.26. The summed E-state index contributed by atoms with van der Waals surface area (Å²) in [5.74, 6) is 0. The Morgan fingerprint density at radius 3 is 2.72 bits per heavy atom. The van der Waals surface area contributed by atoms with Crippen LogP contribution in [0.5, 0.6) is 0 Å². The molecule has 4 nitrogen and oxygen atoms in total. The molecule has 0 aliphatic rings. The Kier molecular flexibility index (Phi) is 3.89. The highest BCUT2D eigenvalue weighted by Crippen LogP contribution is 2.23. The van der Waals surface area contributed by atoms with Gasteiger partial charge in [0.1, 0.15) is 4.90 Å². The molecule has 0 bridgehead atoms. The normalized spacial score (nSPS) is 11.2. The van der Waals surface area contributed by atoms with Gasteiger partial charge in [-0.1, -0.05) is 33.6 Å². The van der Waals surface area contributed by atoms with Crippen LogP contribution in [0.1, 0.15) is 0 Å². The number of sulfonamides is 1. The van der Waals surface area contributed by atoms with Crippen LogP contribution in [0, 0.1) is 0 Å². The third kappa shape index (κ3) is 3.01. The lowest BCUT2D eigenvalue weighted by Gasteiger charge is -2.09. The van der Waals surface area contributed by atoms with E-state index in [4.69, 9.17) is 11.6 Å². The molecule has 1 aromatic heterocycles. The molecule has 1 N–H and O–H groups in total. The van der Waals surface area contributed by atoms with Crippen molar-refractivity contribution in [2.75, 3.05) is 4.72 Å². The minimum Gasteiger partial charge on any atom is -0.280 e. The molecule has 0 radical (unpaired) electrons. The molecule has 0 unspecified atom stereocenters. The van der Waals surface area contributed by atoms with Gasteiger partial charge in [0.2, 0.25) is 0 Å². The number of halogens is 2. The maximum absolute atomic E-state index is 12.1. The van der Waals surface area contributed by atoms with Gasteiger partial charge in [0, 0.05) is 22.6 Å². The minimum atomic E-state index is -3.73. The smallest absolute Gasteiger partial charge is 0.264 e. The molecule has 0 saturated carbocycles. The van der Waals surface area contributed by atoms with Gasteiger partial charge in [-0.2, -0.15) is 0 Å². The van der Waals surface area contributed by atoms with E-state index in [2.05, 4.69) is 25.6 Å². The molecule has 0 amide bonds. The Labute approximate surface area is 118 Å². The Balaban J connectivity index is 2.37. The molecular weight excluding hydrogens is 340 g/mol. The first-order valence-electron chi connectivity index (χ1n) is 4.87. The Morgan fingerprint density at radius 2 is 2.06 bits per heavy atom. The van der Waals surface area contributed by atoms with Crippen LogP contribution in [0.4, 0.5) is 5.69 Å². The first-order valence-corrected chi connectivity index (χ1v) is 7.52. The maximum Gasteiger partial charge on any atom is 0.264 e. The molecule has 0 spiro atoms. The molecule has 0 aliphatic carbocycles. The van der Waals surface area contributed by atoms with Crippen molar-refractivity contribution in [2.24, 2.45) is 0 Å². The van der Waals surface area contributed by atoms with Crippen LogP contribution in [-0.4, -0.2) is 13.4 Å². The van der Waals surface area contributed by atoms with Crippen LogP contribution in [0.2, 0.25) is 5.02 Å². The molecule has 0 fully saturated rings. The number of hydrogen-bond donors (Lipinski definition) is 1. The third-order valence-corrected chi connectivity index (χ3v) is 4.44. The van der Waals surface area contributed by atoms with E-state index in [1.54, 1.807) is 24.3 Å². The number of aromatic nitrogens is 1. The average Bonchev–Trinajstić information content (AvgIpc) is 2.28. The molecular formula is C11H8BrClN2O2S. The summed E-state index contributed by atoms with van der Waals surface area (Å²) in [5, 5.41) is 0.132. The highest BCUT2D eigenvalue weighted by Gasteiger charge is 2.18. The fraction of sp³-hybridized carbons (Fsp3) is 0. The van der Waals surface area contributed by atoms with Crippen molar-refractivity contribution in [1.82, 2.24) is 4.98 Å². The minimum absolute atomic E-state index is 0.0494. The standard InChI is InChI=1S/C11H8BrClN2O2S/c12-8-2-1-3-9(6-8)15-18(16,17)11-7-14-5-4-10(11)13/h1-7,15H. The van der Waals surface area contributed by atoms with E-state index in [0.717, 1.165) is 4.47 Å². The molecule has 0 aliphatic heterocycles. The van der Waals surface area contributed by atoms with Crippen molar-refractivity contribution in [3.63, 3.8) is 0 Å². The lowest BCUT2D eigenvalue weighted by Crippen LogP contribution is -2.13. The number of hydrogen-bond acceptors (Lipinski definition) is 3. The van der Waals surface area contributed by atoms with Crippen LogP contribution >= 0.6 is 27.5 Å². The van der Waals surface area contributed by atoms with Crippen molar-refractivity contribution >= 4 is 43.2 Å². The molecule has 2 rings (SSSR count). The lowest BCUT2D eigenvalue weighted by atomic mass is 10.3. The van der Waals surface area contributed by atoms with Gasteiger partial charge in [-0.25, -0.2) is 8.42 Å². The largest absolute Gasteiger partial charge is 0.280 e. The molecule has 18 heavy (non-hydrogen) atoms. The van der Waals surface area contributed by atoms with Crippen molar-refractivity contribution in [1.29, 1.82) is 0 Å². The zero-order valence-corrected chi connectivity index (χ0v) is 12.1. The predicted octanol–water partition coefficient (Wildman–Crippen LogP) is 3.30. The summed E-state index contributed by atoms with van der Waals surface area (Å²) < 4.78 is 27.4. The summed E-state index contributed by atoms with van der Waals surface area (Å²) in [6, 6.07) is 8.26. The van der Waals surface area contributed by atoms with Gasteiger partial charge in [-0.15, -0.1) is 0 Å². The van der Waals surface area contributed by atoms with Gasteiger partial charge in [0.25, 0.3) is 10.0 Å². The highest BCUT2D eigenvalue weighted by atomic mass is 79.9. The van der Waals surface area contributed by atoms with E-state index < -0.39 is 10.0 Å². The van der Waals surface area contributed by atoms with Crippen molar-refractivity contribution < 1.29 is 8.42 Å². The van der Waals surface area contributed by atoms with Gasteiger partial charge in [-0.05, 0) is 24.3 Å². The van der Waals surface area contributed by atoms with Crippen LogP contribution in [-0.2, 0) is 10.0 Å². The first kappa shape index (κ1) is 13.3. The summed E-state index contributed by atoms with van der Waals surface area (Å²) in [5.41, 5.74) is 0.448. The van der Waals surface area contributed by atoms with E-state index in [1.165, 1.54) is 18.5 Å². The monoisotopic (exact) mass is 346 g/mol. The fourth-order valence-corrected chi connectivity index (χ4v) is 3.20. The van der Waals surface area contributed by atoms with Crippen molar-refractivity contribution in [3.8, 4) is 0 Å². The average molecular weight is 348 g/mol. The molecule has 2 aromatic rings. The van der Waals surface area contributed by atoms with Crippen molar-refractivity contribution in [3.05, 3.63) is 52.2 Å². The van der Waals surface area contributed by atoms with E-state index in [-0.39, 0.29) is 9.92 Å². The fourth-order valence-electron chi connectivity index (χ4n) is 1.32. The number of rotatable bonds is 3. The SMILES string of the molecule is O=S(=O)(Nc1cccc(Br)c1)c1cnccc1Cl. The summed E-state index contributed by atoms with van der Waals surface area (Å²) in [6.45, 7) is 0. The van der Waals surface area contributed by atoms with Gasteiger partial charge in [0.15, 0.2) is 0 Å². The molecule has 1 heterocycles. The number of benzene rings is 1. The van der Waals surface area contributed by atoms with Crippen LogP contribution in [0.3, 0.4) is 0 Å². The zero-order valence-electron chi connectivity index (χ0n) is 8.97. The topological polar surface area (TPSA) is 59.1 Å². The quantitative estimate of drug-likeness (QED) is 0.927. The molecule has 94 valence electrons. The number of pyridine rings is 1. The molecule has 1 aromatic carbocycles. The predicted molar refractivity (Wildman–Crippen MR) is 74.2 cm³/mol.